The third-order valence-electron chi connectivity index (χ3n) is 5.06. The third kappa shape index (κ3) is 2.66. The topological polar surface area (TPSA) is 12.0 Å². The van der Waals surface area contributed by atoms with Crippen molar-refractivity contribution in [1.29, 1.82) is 0 Å². The molecule has 0 spiro atoms. The predicted octanol–water partition coefficient (Wildman–Crippen LogP) is 3.88. The van der Waals surface area contributed by atoms with Gasteiger partial charge < -0.3 is 5.32 Å². The normalized spacial score (nSPS) is 30.8. The first-order chi connectivity index (χ1) is 9.13. The summed E-state index contributed by atoms with van der Waals surface area (Å²) in [6, 6.07) is 4.04. The van der Waals surface area contributed by atoms with Gasteiger partial charge in [-0.3, -0.25) is 0 Å². The third-order valence-corrected chi connectivity index (χ3v) is 5.06. The summed E-state index contributed by atoms with van der Waals surface area (Å²) in [5.74, 6) is 1.80. The summed E-state index contributed by atoms with van der Waals surface area (Å²) >= 11 is 0. The molecule has 1 nitrogen and oxygen atoms in total. The average molecular weight is 265 g/mol. The van der Waals surface area contributed by atoms with E-state index in [1.807, 2.05) is 0 Å². The molecule has 2 bridgehead atoms. The van der Waals surface area contributed by atoms with Gasteiger partial charge in [0.25, 0.3) is 0 Å². The van der Waals surface area contributed by atoms with Crippen LogP contribution in [0, 0.1) is 29.4 Å². The second-order valence-electron chi connectivity index (χ2n) is 6.24. The van der Waals surface area contributed by atoms with E-state index in [0.717, 1.165) is 23.8 Å². The number of benzene rings is 1. The van der Waals surface area contributed by atoms with Gasteiger partial charge in [-0.15, -0.1) is 0 Å². The highest BCUT2D eigenvalue weighted by Gasteiger charge is 2.41. The van der Waals surface area contributed by atoms with Crippen molar-refractivity contribution in [2.24, 2.45) is 17.8 Å². The summed E-state index contributed by atoms with van der Waals surface area (Å²) in [7, 11) is 0. The number of rotatable bonds is 4. The molecule has 2 fully saturated rings. The van der Waals surface area contributed by atoms with Gasteiger partial charge in [-0.1, -0.05) is 6.42 Å². The maximum Gasteiger partial charge on any atom is 0.127 e. The first kappa shape index (κ1) is 13.0. The standard InChI is InChI=1S/C16H21F2N/c1-10(15-7-11-2-3-12(15)6-11)19-9-13-8-14(17)4-5-16(13)18/h4-5,8,10-12,15,19H,2-3,6-7,9H2,1H3. The molecule has 0 radical (unpaired) electrons. The molecular weight excluding hydrogens is 244 g/mol. The van der Waals surface area contributed by atoms with E-state index < -0.39 is 0 Å². The fraction of sp³-hybridized carbons (Fsp3) is 0.625. The van der Waals surface area contributed by atoms with Gasteiger partial charge in [0.2, 0.25) is 0 Å². The largest absolute Gasteiger partial charge is 0.310 e. The first-order valence-electron chi connectivity index (χ1n) is 7.31. The van der Waals surface area contributed by atoms with Crippen LogP contribution in [0.2, 0.25) is 0 Å². The molecule has 3 rings (SSSR count). The molecular formula is C16H21F2N. The fourth-order valence-electron chi connectivity index (χ4n) is 4.01. The summed E-state index contributed by atoms with van der Waals surface area (Å²) < 4.78 is 26.6. The Morgan fingerprint density at radius 3 is 2.79 bits per heavy atom. The Kier molecular flexibility index (Phi) is 3.57. The molecule has 0 aliphatic heterocycles. The monoisotopic (exact) mass is 265 g/mol. The molecule has 104 valence electrons. The van der Waals surface area contributed by atoms with Crippen LogP contribution in [0.5, 0.6) is 0 Å². The van der Waals surface area contributed by atoms with Crippen molar-refractivity contribution in [3.05, 3.63) is 35.4 Å². The van der Waals surface area contributed by atoms with Crippen LogP contribution in [0.4, 0.5) is 8.78 Å². The minimum Gasteiger partial charge on any atom is -0.310 e. The molecule has 1 aromatic carbocycles. The Morgan fingerprint density at radius 1 is 1.26 bits per heavy atom. The van der Waals surface area contributed by atoms with Crippen LogP contribution < -0.4 is 5.32 Å². The van der Waals surface area contributed by atoms with E-state index in [1.54, 1.807) is 0 Å². The van der Waals surface area contributed by atoms with Crippen LogP contribution in [0.25, 0.3) is 0 Å². The molecule has 1 aromatic rings. The van der Waals surface area contributed by atoms with Gasteiger partial charge in [-0.2, -0.15) is 0 Å². The lowest BCUT2D eigenvalue weighted by Crippen LogP contribution is -2.36. The second-order valence-corrected chi connectivity index (χ2v) is 6.24. The predicted molar refractivity (Wildman–Crippen MR) is 71.6 cm³/mol. The Labute approximate surface area is 113 Å². The Hall–Kier alpha value is -0.960. The smallest absolute Gasteiger partial charge is 0.127 e. The van der Waals surface area contributed by atoms with Crippen molar-refractivity contribution in [1.82, 2.24) is 5.32 Å². The van der Waals surface area contributed by atoms with Crippen molar-refractivity contribution in [2.45, 2.75) is 45.2 Å². The van der Waals surface area contributed by atoms with Crippen LogP contribution in [0.15, 0.2) is 18.2 Å². The molecule has 3 heteroatoms. The Balaban J connectivity index is 1.58. The molecule has 1 N–H and O–H groups in total. The van der Waals surface area contributed by atoms with Gasteiger partial charge in [-0.25, -0.2) is 8.78 Å². The summed E-state index contributed by atoms with van der Waals surface area (Å²) in [6.07, 6.45) is 5.44. The molecule has 4 atom stereocenters. The van der Waals surface area contributed by atoms with Crippen LogP contribution >= 0.6 is 0 Å². The van der Waals surface area contributed by atoms with Gasteiger partial charge in [0.05, 0.1) is 0 Å². The summed E-state index contributed by atoms with van der Waals surface area (Å²) in [6.45, 7) is 2.60. The van der Waals surface area contributed by atoms with E-state index in [1.165, 1.54) is 37.8 Å². The van der Waals surface area contributed by atoms with Crippen molar-refractivity contribution in [2.75, 3.05) is 0 Å². The highest BCUT2D eigenvalue weighted by atomic mass is 19.1. The molecule has 0 heterocycles. The minimum atomic E-state index is -0.370. The van der Waals surface area contributed by atoms with E-state index in [9.17, 15) is 8.78 Å². The number of fused-ring (bicyclic) bond motifs is 2. The van der Waals surface area contributed by atoms with Crippen molar-refractivity contribution >= 4 is 0 Å². The zero-order valence-electron chi connectivity index (χ0n) is 11.3. The molecule has 0 amide bonds. The van der Waals surface area contributed by atoms with Gasteiger partial charge in [0.15, 0.2) is 0 Å². The number of hydrogen-bond acceptors (Lipinski definition) is 1. The van der Waals surface area contributed by atoms with E-state index in [-0.39, 0.29) is 11.6 Å². The zero-order chi connectivity index (χ0) is 13.4. The van der Waals surface area contributed by atoms with Crippen LogP contribution in [0.3, 0.4) is 0 Å². The van der Waals surface area contributed by atoms with E-state index in [2.05, 4.69) is 12.2 Å². The summed E-state index contributed by atoms with van der Waals surface area (Å²) in [4.78, 5) is 0. The summed E-state index contributed by atoms with van der Waals surface area (Å²) in [5.41, 5.74) is 0.426. The molecule has 4 unspecified atom stereocenters. The van der Waals surface area contributed by atoms with Gasteiger partial charge in [-0.05, 0) is 62.1 Å². The first-order valence-corrected chi connectivity index (χ1v) is 7.31. The van der Waals surface area contributed by atoms with Crippen molar-refractivity contribution in [3.8, 4) is 0 Å². The molecule has 2 saturated carbocycles. The van der Waals surface area contributed by atoms with Gasteiger partial charge in [0, 0.05) is 18.2 Å². The maximum absolute atomic E-state index is 13.5. The molecule has 0 saturated heterocycles. The van der Waals surface area contributed by atoms with Gasteiger partial charge >= 0.3 is 0 Å². The Morgan fingerprint density at radius 2 is 2.11 bits per heavy atom. The SMILES string of the molecule is CC(NCc1cc(F)ccc1F)C1CC2CCC1C2. The van der Waals surface area contributed by atoms with Crippen LogP contribution in [-0.2, 0) is 6.54 Å². The second kappa shape index (κ2) is 5.20. The van der Waals surface area contributed by atoms with E-state index >= 15 is 0 Å². The fourth-order valence-corrected chi connectivity index (χ4v) is 4.01. The highest BCUT2D eigenvalue weighted by Crippen LogP contribution is 2.49. The van der Waals surface area contributed by atoms with Crippen LogP contribution in [0.1, 0.15) is 38.2 Å². The van der Waals surface area contributed by atoms with E-state index in [4.69, 9.17) is 0 Å². The minimum absolute atomic E-state index is 0.325. The lowest BCUT2D eigenvalue weighted by atomic mass is 9.84. The number of hydrogen-bond donors (Lipinski definition) is 1. The molecule has 0 aromatic heterocycles. The lowest BCUT2D eigenvalue weighted by Gasteiger charge is -2.28. The maximum atomic E-state index is 13.5. The highest BCUT2D eigenvalue weighted by molar-refractivity contribution is 5.18. The number of halogens is 2. The molecule has 2 aliphatic rings. The van der Waals surface area contributed by atoms with Crippen molar-refractivity contribution in [3.63, 3.8) is 0 Å². The average Bonchev–Trinajstić information content (AvgIpc) is 3.02. The zero-order valence-corrected chi connectivity index (χ0v) is 11.3. The van der Waals surface area contributed by atoms with Gasteiger partial charge in [0.1, 0.15) is 11.6 Å². The molecule has 19 heavy (non-hydrogen) atoms. The summed E-state index contributed by atoms with van der Waals surface area (Å²) in [5, 5.41) is 3.39. The van der Waals surface area contributed by atoms with Crippen molar-refractivity contribution < 1.29 is 8.78 Å². The Bertz CT molecular complexity index is 460. The number of nitrogens with one attached hydrogen (secondary N) is 1. The molecule has 2 aliphatic carbocycles. The lowest BCUT2D eigenvalue weighted by molar-refractivity contribution is 0.259. The van der Waals surface area contributed by atoms with Crippen LogP contribution in [-0.4, -0.2) is 6.04 Å². The quantitative estimate of drug-likeness (QED) is 0.871. The van der Waals surface area contributed by atoms with E-state index in [0.29, 0.717) is 18.2 Å².